The second kappa shape index (κ2) is 6.55. The molecule has 0 amide bonds. The van der Waals surface area contributed by atoms with E-state index in [4.69, 9.17) is 21.1 Å². The van der Waals surface area contributed by atoms with Gasteiger partial charge in [0.2, 0.25) is 5.88 Å². The zero-order chi connectivity index (χ0) is 14.7. The topological polar surface area (TPSA) is 65.3 Å². The lowest BCUT2D eigenvalue weighted by Gasteiger charge is -2.26. The zero-order valence-corrected chi connectivity index (χ0v) is 12.7. The highest BCUT2D eigenvalue weighted by Crippen LogP contribution is 2.22. The molecule has 0 radical (unpaired) electrons. The lowest BCUT2D eigenvalue weighted by molar-refractivity contribution is 0.0364. The molecule has 21 heavy (non-hydrogen) atoms. The molecule has 3 heterocycles. The fourth-order valence-electron chi connectivity index (χ4n) is 2.51. The first-order valence-electron chi connectivity index (χ1n) is 6.93. The number of morpholine rings is 1. The first kappa shape index (κ1) is 14.5. The van der Waals surface area contributed by atoms with E-state index in [9.17, 15) is 0 Å². The van der Waals surface area contributed by atoms with Crippen LogP contribution in [0.4, 0.5) is 0 Å². The molecule has 114 valence electrons. The van der Waals surface area contributed by atoms with Crippen LogP contribution in [0.2, 0.25) is 0 Å². The van der Waals surface area contributed by atoms with Crippen molar-refractivity contribution in [3.8, 4) is 5.88 Å². The Kier molecular flexibility index (Phi) is 4.52. The number of rotatable bonds is 5. The Bertz CT molecular complexity index is 612. The fraction of sp³-hybridized carbons (Fsp3) is 0.615. The molecule has 0 saturated carbocycles. The minimum atomic E-state index is 0.336. The number of alkyl halides is 1. The Balaban J connectivity index is 1.85. The average molecular weight is 312 g/mol. The second-order valence-electron chi connectivity index (χ2n) is 4.82. The van der Waals surface area contributed by atoms with Gasteiger partial charge in [0.15, 0.2) is 11.2 Å². The van der Waals surface area contributed by atoms with Crippen LogP contribution in [-0.4, -0.2) is 64.4 Å². The Morgan fingerprint density at radius 2 is 2.10 bits per heavy atom. The van der Waals surface area contributed by atoms with Gasteiger partial charge in [0.05, 0.1) is 26.2 Å². The van der Waals surface area contributed by atoms with E-state index in [2.05, 4.69) is 19.9 Å². The molecular weight excluding hydrogens is 294 g/mol. The van der Waals surface area contributed by atoms with Crippen molar-refractivity contribution in [2.24, 2.45) is 0 Å². The number of methoxy groups -OCH3 is 1. The zero-order valence-electron chi connectivity index (χ0n) is 12.0. The molecule has 8 heteroatoms. The highest BCUT2D eigenvalue weighted by Gasteiger charge is 2.17. The van der Waals surface area contributed by atoms with Crippen LogP contribution in [0.3, 0.4) is 0 Å². The van der Waals surface area contributed by atoms with E-state index in [1.807, 2.05) is 4.57 Å². The summed E-state index contributed by atoms with van der Waals surface area (Å²) in [6.45, 7) is 5.22. The third kappa shape index (κ3) is 2.95. The molecule has 1 aliphatic rings. The SMILES string of the molecule is COc1ncnc2c1nc(CCl)n2CCN1CCOCC1. The molecule has 1 fully saturated rings. The smallest absolute Gasteiger partial charge is 0.245 e. The summed E-state index contributed by atoms with van der Waals surface area (Å²) in [6, 6.07) is 0. The van der Waals surface area contributed by atoms with Gasteiger partial charge < -0.3 is 14.0 Å². The maximum absolute atomic E-state index is 6.01. The third-order valence-electron chi connectivity index (χ3n) is 3.63. The molecule has 0 aliphatic carbocycles. The van der Waals surface area contributed by atoms with Crippen molar-refractivity contribution in [1.29, 1.82) is 0 Å². The monoisotopic (exact) mass is 311 g/mol. The molecule has 0 bridgehead atoms. The summed E-state index contributed by atoms with van der Waals surface area (Å²) < 4.78 is 12.6. The molecule has 0 unspecified atom stereocenters. The Labute approximate surface area is 127 Å². The molecule has 0 N–H and O–H groups in total. The summed E-state index contributed by atoms with van der Waals surface area (Å²) in [5.41, 5.74) is 1.43. The van der Waals surface area contributed by atoms with Gasteiger partial charge in [-0.15, -0.1) is 11.6 Å². The average Bonchev–Trinajstić information content (AvgIpc) is 2.91. The fourth-order valence-corrected chi connectivity index (χ4v) is 2.72. The van der Waals surface area contributed by atoms with Crippen molar-refractivity contribution in [1.82, 2.24) is 24.4 Å². The van der Waals surface area contributed by atoms with Crippen molar-refractivity contribution < 1.29 is 9.47 Å². The maximum Gasteiger partial charge on any atom is 0.245 e. The van der Waals surface area contributed by atoms with Gasteiger partial charge in [-0.3, -0.25) is 4.90 Å². The highest BCUT2D eigenvalue weighted by molar-refractivity contribution is 6.16. The van der Waals surface area contributed by atoms with Crippen LogP contribution in [0.1, 0.15) is 5.82 Å². The molecule has 3 rings (SSSR count). The number of imidazole rings is 1. The van der Waals surface area contributed by atoms with Crippen LogP contribution < -0.4 is 4.74 Å². The molecule has 2 aromatic rings. The molecule has 0 atom stereocenters. The van der Waals surface area contributed by atoms with Gasteiger partial charge in [0.1, 0.15) is 12.2 Å². The number of ether oxygens (including phenoxy) is 2. The van der Waals surface area contributed by atoms with Gasteiger partial charge in [-0.1, -0.05) is 0 Å². The van der Waals surface area contributed by atoms with E-state index in [1.165, 1.54) is 6.33 Å². The van der Waals surface area contributed by atoms with Gasteiger partial charge in [-0.2, -0.15) is 4.98 Å². The van der Waals surface area contributed by atoms with Gasteiger partial charge in [0.25, 0.3) is 0 Å². The number of halogens is 1. The maximum atomic E-state index is 6.01. The first-order chi connectivity index (χ1) is 10.3. The molecule has 1 saturated heterocycles. The van der Waals surface area contributed by atoms with Gasteiger partial charge >= 0.3 is 0 Å². The molecule has 2 aromatic heterocycles. The predicted molar refractivity (Wildman–Crippen MR) is 78.7 cm³/mol. The van der Waals surface area contributed by atoms with Crippen LogP contribution >= 0.6 is 11.6 Å². The van der Waals surface area contributed by atoms with Crippen molar-refractivity contribution >= 4 is 22.8 Å². The van der Waals surface area contributed by atoms with E-state index in [-0.39, 0.29) is 0 Å². The predicted octanol–water partition coefficient (Wildman–Crippen LogP) is 0.906. The third-order valence-corrected chi connectivity index (χ3v) is 3.87. The Hall–Kier alpha value is -1.44. The van der Waals surface area contributed by atoms with Gasteiger partial charge in [-0.25, -0.2) is 9.97 Å². The van der Waals surface area contributed by atoms with Gasteiger partial charge in [0, 0.05) is 26.2 Å². The highest BCUT2D eigenvalue weighted by atomic mass is 35.5. The van der Waals surface area contributed by atoms with Crippen molar-refractivity contribution in [2.75, 3.05) is 40.0 Å². The molecule has 0 aromatic carbocycles. The standard InChI is InChI=1S/C13H18ClN5O2/c1-20-13-11-12(15-9-16-13)19(10(8-14)17-11)3-2-18-4-6-21-7-5-18/h9H,2-8H2,1H3. The number of aromatic nitrogens is 4. The van der Waals surface area contributed by atoms with Crippen molar-refractivity contribution in [2.45, 2.75) is 12.4 Å². The first-order valence-corrected chi connectivity index (χ1v) is 7.47. The van der Waals surface area contributed by atoms with E-state index in [1.54, 1.807) is 7.11 Å². The molecule has 0 spiro atoms. The number of nitrogens with zero attached hydrogens (tertiary/aromatic N) is 5. The lowest BCUT2D eigenvalue weighted by Crippen LogP contribution is -2.38. The van der Waals surface area contributed by atoms with Crippen LogP contribution in [-0.2, 0) is 17.2 Å². The van der Waals surface area contributed by atoms with Crippen LogP contribution in [0.5, 0.6) is 5.88 Å². The van der Waals surface area contributed by atoms with E-state index >= 15 is 0 Å². The van der Waals surface area contributed by atoms with Crippen LogP contribution in [0.15, 0.2) is 6.33 Å². The summed E-state index contributed by atoms with van der Waals surface area (Å²) in [6.07, 6.45) is 1.49. The summed E-state index contributed by atoms with van der Waals surface area (Å²) in [5.74, 6) is 1.61. The number of fused-ring (bicyclic) bond motifs is 1. The minimum absolute atomic E-state index is 0.336. The molecule has 7 nitrogen and oxygen atoms in total. The largest absolute Gasteiger partial charge is 0.479 e. The van der Waals surface area contributed by atoms with E-state index in [0.717, 1.165) is 50.9 Å². The Morgan fingerprint density at radius 1 is 1.29 bits per heavy atom. The number of hydrogen-bond donors (Lipinski definition) is 0. The van der Waals surface area contributed by atoms with Gasteiger partial charge in [-0.05, 0) is 0 Å². The molecule has 1 aliphatic heterocycles. The summed E-state index contributed by atoms with van der Waals surface area (Å²) in [5, 5.41) is 0. The summed E-state index contributed by atoms with van der Waals surface area (Å²) >= 11 is 6.01. The minimum Gasteiger partial charge on any atom is -0.479 e. The number of hydrogen-bond acceptors (Lipinski definition) is 6. The molecular formula is C13H18ClN5O2. The quantitative estimate of drug-likeness (QED) is 0.765. The van der Waals surface area contributed by atoms with Crippen molar-refractivity contribution in [3.05, 3.63) is 12.2 Å². The normalized spacial score (nSPS) is 16.5. The van der Waals surface area contributed by atoms with E-state index in [0.29, 0.717) is 17.3 Å². The van der Waals surface area contributed by atoms with Crippen LogP contribution in [0, 0.1) is 0 Å². The second-order valence-corrected chi connectivity index (χ2v) is 5.09. The summed E-state index contributed by atoms with van der Waals surface area (Å²) in [7, 11) is 1.58. The Morgan fingerprint density at radius 3 is 2.81 bits per heavy atom. The van der Waals surface area contributed by atoms with E-state index < -0.39 is 0 Å². The summed E-state index contributed by atoms with van der Waals surface area (Å²) in [4.78, 5) is 15.3. The van der Waals surface area contributed by atoms with Crippen molar-refractivity contribution in [3.63, 3.8) is 0 Å². The lowest BCUT2D eigenvalue weighted by atomic mass is 10.4. The van der Waals surface area contributed by atoms with Crippen LogP contribution in [0.25, 0.3) is 11.2 Å².